The Balaban J connectivity index is 1.92. The summed E-state index contributed by atoms with van der Waals surface area (Å²) in [5, 5.41) is 9.89. The molecule has 3 N–H and O–H groups in total. The van der Waals surface area contributed by atoms with Gasteiger partial charge in [0.1, 0.15) is 5.75 Å². The topological polar surface area (TPSA) is 59.1 Å². The summed E-state index contributed by atoms with van der Waals surface area (Å²) in [7, 11) is 0. The van der Waals surface area contributed by atoms with Crippen molar-refractivity contribution >= 4 is 32.5 Å². The lowest BCUT2D eigenvalue weighted by molar-refractivity contribution is 0.287. The number of hydrogen-bond acceptors (Lipinski definition) is 2. The summed E-state index contributed by atoms with van der Waals surface area (Å²) in [5.41, 5.74) is 5.33. The molecule has 0 amide bonds. The monoisotopic (exact) mass is 348 g/mol. The summed E-state index contributed by atoms with van der Waals surface area (Å²) in [6.45, 7) is 4.62. The molecule has 2 aromatic carbocycles. The van der Waals surface area contributed by atoms with Gasteiger partial charge in [0.2, 0.25) is 0 Å². The van der Waals surface area contributed by atoms with E-state index in [0.717, 1.165) is 23.1 Å². The fourth-order valence-electron chi connectivity index (χ4n) is 2.12. The van der Waals surface area contributed by atoms with Gasteiger partial charge in [-0.3, -0.25) is 5.41 Å². The van der Waals surface area contributed by atoms with Crippen molar-refractivity contribution in [1.29, 1.82) is 5.41 Å². The maximum Gasteiger partial charge on any atom is 0.119 e. The lowest BCUT2D eigenvalue weighted by Crippen LogP contribution is -2.31. The number of rotatable bonds is 6. The van der Waals surface area contributed by atoms with Gasteiger partial charge in [0.15, 0.2) is 0 Å². The molecule has 2 rings (SSSR count). The molecule has 0 aliphatic heterocycles. The molecule has 0 aliphatic rings. The van der Waals surface area contributed by atoms with Gasteiger partial charge in [-0.2, -0.15) is 0 Å². The van der Waals surface area contributed by atoms with Gasteiger partial charge < -0.3 is 10.5 Å². The Morgan fingerprint density at radius 2 is 1.86 bits per heavy atom. The zero-order chi connectivity index (χ0) is 15.5. The minimum atomic E-state index is -0.251. The van der Waals surface area contributed by atoms with Crippen LogP contribution in [0.4, 0.5) is 0 Å². The van der Waals surface area contributed by atoms with Crippen molar-refractivity contribution in [3.05, 3.63) is 40.9 Å². The van der Waals surface area contributed by atoms with E-state index in [-0.39, 0.29) is 11.3 Å². The van der Waals surface area contributed by atoms with Crippen molar-refractivity contribution in [3.63, 3.8) is 0 Å². The van der Waals surface area contributed by atoms with Crippen molar-refractivity contribution in [2.75, 3.05) is 6.61 Å². The van der Waals surface area contributed by atoms with Crippen molar-refractivity contribution in [1.82, 2.24) is 0 Å². The van der Waals surface area contributed by atoms with Crippen LogP contribution < -0.4 is 10.5 Å². The Kier molecular flexibility index (Phi) is 4.88. The second kappa shape index (κ2) is 6.48. The molecule has 21 heavy (non-hydrogen) atoms. The van der Waals surface area contributed by atoms with E-state index in [1.165, 1.54) is 10.8 Å². The van der Waals surface area contributed by atoms with Crippen LogP contribution >= 0.6 is 15.9 Å². The fraction of sp³-hybridized carbons (Fsp3) is 0.353. The molecule has 0 aromatic heterocycles. The first kappa shape index (κ1) is 15.8. The molecule has 0 saturated heterocycles. The summed E-state index contributed by atoms with van der Waals surface area (Å²) < 4.78 is 6.88. The number of benzene rings is 2. The van der Waals surface area contributed by atoms with E-state index in [0.29, 0.717) is 6.61 Å². The smallest absolute Gasteiger partial charge is 0.119 e. The van der Waals surface area contributed by atoms with Gasteiger partial charge in [0.05, 0.1) is 12.4 Å². The first-order valence-corrected chi connectivity index (χ1v) is 7.84. The summed E-state index contributed by atoms with van der Waals surface area (Å²) in [5.74, 6) is 1.12. The fourth-order valence-corrected chi connectivity index (χ4v) is 2.50. The molecule has 0 heterocycles. The number of nitrogens with one attached hydrogen (secondary N) is 1. The summed E-state index contributed by atoms with van der Waals surface area (Å²) in [6.07, 6.45) is 1.73. The van der Waals surface area contributed by atoms with Crippen LogP contribution in [0, 0.1) is 10.8 Å². The average molecular weight is 349 g/mol. The van der Waals surface area contributed by atoms with E-state index in [9.17, 15) is 0 Å². The van der Waals surface area contributed by atoms with Gasteiger partial charge in [0, 0.05) is 9.89 Å². The van der Waals surface area contributed by atoms with Crippen molar-refractivity contribution in [2.45, 2.75) is 26.7 Å². The van der Waals surface area contributed by atoms with Gasteiger partial charge in [-0.25, -0.2) is 0 Å². The van der Waals surface area contributed by atoms with Gasteiger partial charge >= 0.3 is 0 Å². The van der Waals surface area contributed by atoms with Crippen LogP contribution in [0.15, 0.2) is 40.9 Å². The quantitative estimate of drug-likeness (QED) is 0.450. The largest absolute Gasteiger partial charge is 0.494 e. The highest BCUT2D eigenvalue weighted by Crippen LogP contribution is 2.25. The molecule has 0 saturated carbocycles. The summed E-state index contributed by atoms with van der Waals surface area (Å²) in [4.78, 5) is 0. The molecule has 2 aromatic rings. The number of ether oxygens (including phenoxy) is 1. The molecule has 0 radical (unpaired) electrons. The second-order valence-corrected chi connectivity index (χ2v) is 6.82. The third-order valence-corrected chi connectivity index (χ3v) is 4.21. The lowest BCUT2D eigenvalue weighted by Gasteiger charge is -2.22. The molecule has 4 heteroatoms. The normalized spacial score (nSPS) is 11.6. The molecular weight excluding hydrogens is 328 g/mol. The van der Waals surface area contributed by atoms with Crippen molar-refractivity contribution in [3.8, 4) is 5.75 Å². The van der Waals surface area contributed by atoms with Crippen LogP contribution in [0.25, 0.3) is 10.8 Å². The minimum Gasteiger partial charge on any atom is -0.494 e. The zero-order valence-corrected chi connectivity index (χ0v) is 14.0. The molecule has 0 fully saturated rings. The van der Waals surface area contributed by atoms with Crippen LogP contribution in [-0.4, -0.2) is 12.4 Å². The number of amidine groups is 1. The Morgan fingerprint density at radius 3 is 2.57 bits per heavy atom. The van der Waals surface area contributed by atoms with Gasteiger partial charge in [0.25, 0.3) is 0 Å². The van der Waals surface area contributed by atoms with Crippen LogP contribution in [-0.2, 0) is 0 Å². The highest BCUT2D eigenvalue weighted by atomic mass is 79.9. The maximum atomic E-state index is 7.54. The number of nitrogens with two attached hydrogens (primary N) is 1. The van der Waals surface area contributed by atoms with E-state index in [1.807, 2.05) is 26.0 Å². The minimum absolute atomic E-state index is 0.235. The molecule has 112 valence electrons. The van der Waals surface area contributed by atoms with E-state index in [1.54, 1.807) is 0 Å². The van der Waals surface area contributed by atoms with Crippen LogP contribution in [0.1, 0.15) is 26.7 Å². The average Bonchev–Trinajstić information content (AvgIpc) is 2.43. The first-order valence-electron chi connectivity index (χ1n) is 7.05. The lowest BCUT2D eigenvalue weighted by atomic mass is 9.87. The maximum absolute atomic E-state index is 7.54. The second-order valence-electron chi connectivity index (χ2n) is 5.90. The van der Waals surface area contributed by atoms with Crippen molar-refractivity contribution in [2.24, 2.45) is 11.1 Å². The van der Waals surface area contributed by atoms with Crippen LogP contribution in [0.5, 0.6) is 5.75 Å². The Morgan fingerprint density at radius 1 is 1.19 bits per heavy atom. The number of fused-ring (bicyclic) bond motifs is 1. The zero-order valence-electron chi connectivity index (χ0n) is 12.4. The third-order valence-electron chi connectivity index (χ3n) is 3.72. The SMILES string of the molecule is CC(C)(CCCOc1ccc2cc(Br)ccc2c1)C(=N)N. The first-order chi connectivity index (χ1) is 9.88. The van der Waals surface area contributed by atoms with E-state index < -0.39 is 0 Å². The Bertz CT molecular complexity index is 652. The predicted octanol–water partition coefficient (Wildman–Crippen LogP) is 4.72. The van der Waals surface area contributed by atoms with Crippen LogP contribution in [0.3, 0.4) is 0 Å². The van der Waals surface area contributed by atoms with Crippen molar-refractivity contribution < 1.29 is 4.74 Å². The van der Waals surface area contributed by atoms with E-state index in [2.05, 4.69) is 40.2 Å². The predicted molar refractivity (Wildman–Crippen MR) is 92.1 cm³/mol. The highest BCUT2D eigenvalue weighted by molar-refractivity contribution is 9.10. The van der Waals surface area contributed by atoms with E-state index in [4.69, 9.17) is 15.9 Å². The molecule has 0 spiro atoms. The standard InChI is InChI=1S/C17H21BrN2O/c1-17(2,16(19)20)8-3-9-21-15-7-5-12-10-14(18)6-4-13(12)11-15/h4-7,10-11H,3,8-9H2,1-2H3,(H3,19,20). The summed E-state index contributed by atoms with van der Waals surface area (Å²) >= 11 is 3.47. The highest BCUT2D eigenvalue weighted by Gasteiger charge is 2.20. The van der Waals surface area contributed by atoms with Gasteiger partial charge in [-0.1, -0.05) is 41.9 Å². The van der Waals surface area contributed by atoms with Gasteiger partial charge in [-0.05, 0) is 47.9 Å². The van der Waals surface area contributed by atoms with Crippen LogP contribution in [0.2, 0.25) is 0 Å². The molecule has 3 nitrogen and oxygen atoms in total. The van der Waals surface area contributed by atoms with Gasteiger partial charge in [-0.15, -0.1) is 0 Å². The molecule has 0 unspecified atom stereocenters. The third kappa shape index (κ3) is 4.21. The molecule has 0 bridgehead atoms. The Hall–Kier alpha value is -1.55. The van der Waals surface area contributed by atoms with E-state index >= 15 is 0 Å². The summed E-state index contributed by atoms with van der Waals surface area (Å²) in [6, 6.07) is 12.3. The number of halogens is 1. The molecule has 0 atom stereocenters. The number of hydrogen-bond donors (Lipinski definition) is 2. The molecule has 0 aliphatic carbocycles. The Labute approximate surface area is 134 Å². The molecular formula is C17H21BrN2O.